The van der Waals surface area contributed by atoms with E-state index in [0.29, 0.717) is 15.4 Å². The van der Waals surface area contributed by atoms with Crippen LogP contribution in [0, 0.1) is 5.82 Å². The van der Waals surface area contributed by atoms with Gasteiger partial charge in [-0.2, -0.15) is 0 Å². The van der Waals surface area contributed by atoms with Gasteiger partial charge in [-0.1, -0.05) is 42.1 Å². The predicted molar refractivity (Wildman–Crippen MR) is 118 cm³/mol. The van der Waals surface area contributed by atoms with Gasteiger partial charge in [0.15, 0.2) is 22.5 Å². The highest BCUT2D eigenvalue weighted by atomic mass is 32.2. The monoisotopic (exact) mass is 440 g/mol. The Bertz CT molecular complexity index is 1300. The van der Waals surface area contributed by atoms with Gasteiger partial charge in [-0.05, 0) is 29.8 Å². The molecule has 0 fully saturated rings. The summed E-state index contributed by atoms with van der Waals surface area (Å²) >= 11 is 2.59. The van der Waals surface area contributed by atoms with Gasteiger partial charge in [-0.3, -0.25) is 14.2 Å². The minimum atomic E-state index is -0.590. The lowest BCUT2D eigenvalue weighted by Gasteiger charge is -2.07. The Kier molecular flexibility index (Phi) is 5.69. The Morgan fingerprint density at radius 2 is 1.97 bits per heavy atom. The summed E-state index contributed by atoms with van der Waals surface area (Å²) in [4.78, 5) is 31.4. The summed E-state index contributed by atoms with van der Waals surface area (Å²) in [5.41, 5.74) is 1.10. The van der Waals surface area contributed by atoms with Crippen molar-refractivity contribution in [3.63, 3.8) is 0 Å². The number of benzene rings is 2. The number of Topliss-reactive ketones (excluding diaryl/α,β-unsaturated/α-hetero) is 1. The van der Waals surface area contributed by atoms with Crippen molar-refractivity contribution >= 4 is 39.1 Å². The second-order valence-electron chi connectivity index (χ2n) is 6.52. The first kappa shape index (κ1) is 20.3. The molecule has 0 saturated carbocycles. The Labute approximate surface area is 180 Å². The molecule has 0 saturated heterocycles. The zero-order valence-electron chi connectivity index (χ0n) is 16.2. The van der Waals surface area contributed by atoms with Gasteiger partial charge < -0.3 is 4.74 Å². The lowest BCUT2D eigenvalue weighted by Crippen LogP contribution is -2.19. The highest BCUT2D eigenvalue weighted by molar-refractivity contribution is 7.99. The third-order valence-electron chi connectivity index (χ3n) is 4.60. The number of thioether (sulfide) groups is 1. The molecule has 0 aliphatic carbocycles. The molecular weight excluding hydrogens is 423 g/mol. The zero-order valence-corrected chi connectivity index (χ0v) is 17.8. The summed E-state index contributed by atoms with van der Waals surface area (Å²) in [6.07, 6.45) is 0. The van der Waals surface area contributed by atoms with Gasteiger partial charge >= 0.3 is 0 Å². The Morgan fingerprint density at radius 1 is 1.20 bits per heavy atom. The fourth-order valence-electron chi connectivity index (χ4n) is 2.97. The number of hydrogen-bond donors (Lipinski definition) is 0. The predicted octanol–water partition coefficient (Wildman–Crippen LogP) is 4.78. The second-order valence-corrected chi connectivity index (χ2v) is 8.49. The number of aromatic nitrogens is 2. The third-order valence-corrected chi connectivity index (χ3v) is 6.70. The van der Waals surface area contributed by atoms with Gasteiger partial charge in [0.1, 0.15) is 4.83 Å². The van der Waals surface area contributed by atoms with Crippen molar-refractivity contribution in [1.82, 2.24) is 9.55 Å². The van der Waals surface area contributed by atoms with Gasteiger partial charge in [0.25, 0.3) is 5.56 Å². The van der Waals surface area contributed by atoms with Crippen LogP contribution in [0.4, 0.5) is 4.39 Å². The number of fused-ring (bicyclic) bond motifs is 1. The maximum Gasteiger partial charge on any atom is 0.262 e. The van der Waals surface area contributed by atoms with Crippen molar-refractivity contribution in [1.29, 1.82) is 0 Å². The van der Waals surface area contributed by atoms with E-state index < -0.39 is 5.82 Å². The lowest BCUT2D eigenvalue weighted by molar-refractivity contribution is 0.102. The molecule has 0 unspecified atom stereocenters. The quantitative estimate of drug-likeness (QED) is 0.245. The molecule has 2 heterocycles. The summed E-state index contributed by atoms with van der Waals surface area (Å²) in [7, 11) is 3.00. The van der Waals surface area contributed by atoms with Crippen molar-refractivity contribution in [3.05, 3.63) is 76.3 Å². The van der Waals surface area contributed by atoms with Crippen LogP contribution in [0.5, 0.6) is 5.75 Å². The minimum Gasteiger partial charge on any atom is -0.494 e. The molecule has 2 aromatic heterocycles. The molecule has 0 bridgehead atoms. The highest BCUT2D eigenvalue weighted by Crippen LogP contribution is 2.32. The molecule has 0 aliphatic rings. The first-order valence-corrected chi connectivity index (χ1v) is 10.8. The highest BCUT2D eigenvalue weighted by Gasteiger charge is 2.16. The van der Waals surface area contributed by atoms with Crippen LogP contribution >= 0.6 is 23.1 Å². The van der Waals surface area contributed by atoms with Crippen molar-refractivity contribution in [2.45, 2.75) is 5.16 Å². The summed E-state index contributed by atoms with van der Waals surface area (Å²) in [5.74, 6) is -0.728. The van der Waals surface area contributed by atoms with Crippen molar-refractivity contribution in [2.24, 2.45) is 7.05 Å². The van der Waals surface area contributed by atoms with E-state index in [9.17, 15) is 14.0 Å². The topological polar surface area (TPSA) is 61.2 Å². The van der Waals surface area contributed by atoms with Gasteiger partial charge in [0.2, 0.25) is 0 Å². The van der Waals surface area contributed by atoms with Crippen LogP contribution in [0.3, 0.4) is 0 Å². The number of ketones is 1. The van der Waals surface area contributed by atoms with E-state index in [-0.39, 0.29) is 28.4 Å². The number of carbonyl (C=O) groups excluding carboxylic acids is 1. The molecule has 8 heteroatoms. The molecule has 5 nitrogen and oxygen atoms in total. The van der Waals surface area contributed by atoms with Gasteiger partial charge in [0, 0.05) is 17.5 Å². The van der Waals surface area contributed by atoms with Crippen molar-refractivity contribution in [3.8, 4) is 16.2 Å². The number of methoxy groups -OCH3 is 1. The molecule has 0 atom stereocenters. The largest absolute Gasteiger partial charge is 0.494 e. The van der Waals surface area contributed by atoms with E-state index in [1.54, 1.807) is 7.05 Å². The zero-order chi connectivity index (χ0) is 21.3. The Morgan fingerprint density at radius 3 is 2.67 bits per heavy atom. The maximum atomic E-state index is 13.9. The molecule has 4 aromatic rings. The van der Waals surface area contributed by atoms with Crippen molar-refractivity contribution < 1.29 is 13.9 Å². The molecule has 0 radical (unpaired) electrons. The number of carbonyl (C=O) groups is 1. The Hall–Kier alpha value is -2.97. The van der Waals surface area contributed by atoms with Crippen LogP contribution < -0.4 is 10.3 Å². The van der Waals surface area contributed by atoms with E-state index in [2.05, 4.69) is 4.98 Å². The summed E-state index contributed by atoms with van der Waals surface area (Å²) in [6.45, 7) is 0. The fourth-order valence-corrected chi connectivity index (χ4v) is 4.92. The number of nitrogens with zero attached hydrogens (tertiary/aromatic N) is 2. The number of hydrogen-bond acceptors (Lipinski definition) is 6. The fraction of sp³-hybridized carbons (Fsp3) is 0.136. The smallest absolute Gasteiger partial charge is 0.262 e. The van der Waals surface area contributed by atoms with Gasteiger partial charge in [-0.25, -0.2) is 9.37 Å². The van der Waals surface area contributed by atoms with E-state index >= 15 is 0 Å². The maximum absolute atomic E-state index is 13.9. The van der Waals surface area contributed by atoms with E-state index in [1.165, 1.54) is 35.1 Å². The minimum absolute atomic E-state index is 0.0362. The van der Waals surface area contributed by atoms with Gasteiger partial charge in [-0.15, -0.1) is 11.3 Å². The number of rotatable bonds is 6. The molecule has 0 spiro atoms. The standard InChI is InChI=1S/C22H17FN2O3S2/c1-25-21(27)15-11-19(13-6-4-3-5-7-13)30-20(15)24-22(25)29-12-17(26)14-8-9-18(28-2)16(23)10-14/h3-11H,12H2,1-2H3. The lowest BCUT2D eigenvalue weighted by atomic mass is 10.1. The van der Waals surface area contributed by atoms with Crippen LogP contribution in [0.2, 0.25) is 0 Å². The number of ether oxygens (including phenoxy) is 1. The summed E-state index contributed by atoms with van der Waals surface area (Å²) in [5, 5.41) is 0.991. The average molecular weight is 441 g/mol. The molecule has 152 valence electrons. The van der Waals surface area contributed by atoms with Crippen LogP contribution in [0.1, 0.15) is 10.4 Å². The van der Waals surface area contributed by atoms with E-state index in [4.69, 9.17) is 4.74 Å². The summed E-state index contributed by atoms with van der Waals surface area (Å²) in [6, 6.07) is 15.7. The summed E-state index contributed by atoms with van der Waals surface area (Å²) < 4.78 is 20.2. The van der Waals surface area contributed by atoms with Crippen LogP contribution in [-0.2, 0) is 7.05 Å². The third kappa shape index (κ3) is 3.88. The molecule has 0 aliphatic heterocycles. The molecule has 4 rings (SSSR count). The first-order valence-electron chi connectivity index (χ1n) is 9.03. The number of halogens is 1. The molecule has 30 heavy (non-hydrogen) atoms. The van der Waals surface area contributed by atoms with Crippen LogP contribution in [0.15, 0.2) is 64.5 Å². The van der Waals surface area contributed by atoms with Crippen LogP contribution in [-0.4, -0.2) is 28.2 Å². The first-order chi connectivity index (χ1) is 14.5. The molecular formula is C22H17FN2O3S2. The average Bonchev–Trinajstić information content (AvgIpc) is 3.20. The number of thiophene rings is 1. The molecule has 2 aromatic carbocycles. The van der Waals surface area contributed by atoms with Crippen molar-refractivity contribution in [2.75, 3.05) is 12.9 Å². The SMILES string of the molecule is COc1ccc(C(=O)CSc2nc3sc(-c4ccccc4)cc3c(=O)n2C)cc1F. The van der Waals surface area contributed by atoms with E-state index in [0.717, 1.165) is 28.3 Å². The second kappa shape index (κ2) is 8.41. The van der Waals surface area contributed by atoms with E-state index in [1.807, 2.05) is 36.4 Å². The molecule has 0 amide bonds. The van der Waals surface area contributed by atoms with Crippen LogP contribution in [0.25, 0.3) is 20.7 Å². The van der Waals surface area contributed by atoms with Gasteiger partial charge in [0.05, 0.1) is 18.2 Å². The normalized spacial score (nSPS) is 11.0. The molecule has 0 N–H and O–H groups in total. The Balaban J connectivity index is 1.60.